The number of amides is 2. The zero-order valence-electron chi connectivity index (χ0n) is 7.02. The third-order valence-electron chi connectivity index (χ3n) is 2.75. The minimum atomic E-state index is -0.538. The standard InChI is InChI=1S/C8H12N2O2/c1-5-6(11)10-8(3-2-4-8)7(12)9-5/h5H,2-4H2,1H3,(H,9,12)(H,10,11). The van der Waals surface area contributed by atoms with E-state index in [1.807, 2.05) is 0 Å². The number of piperazine rings is 1. The van der Waals surface area contributed by atoms with Gasteiger partial charge in [-0.25, -0.2) is 0 Å². The first-order valence-electron chi connectivity index (χ1n) is 4.27. The van der Waals surface area contributed by atoms with Crippen LogP contribution in [0, 0.1) is 0 Å². The molecule has 2 N–H and O–H groups in total. The highest BCUT2D eigenvalue weighted by Gasteiger charge is 2.49. The van der Waals surface area contributed by atoms with Gasteiger partial charge in [0.2, 0.25) is 11.8 Å². The van der Waals surface area contributed by atoms with Crippen LogP contribution in [0.15, 0.2) is 0 Å². The molecule has 1 heterocycles. The molecule has 12 heavy (non-hydrogen) atoms. The lowest BCUT2D eigenvalue weighted by molar-refractivity contribution is -0.144. The van der Waals surface area contributed by atoms with E-state index in [1.54, 1.807) is 6.92 Å². The zero-order chi connectivity index (χ0) is 8.77. The molecule has 1 atom stereocenters. The topological polar surface area (TPSA) is 58.2 Å². The number of rotatable bonds is 0. The lowest BCUT2D eigenvalue weighted by Crippen LogP contribution is -2.71. The average molecular weight is 168 g/mol. The summed E-state index contributed by atoms with van der Waals surface area (Å²) in [5, 5.41) is 5.45. The summed E-state index contributed by atoms with van der Waals surface area (Å²) in [6.45, 7) is 1.69. The summed E-state index contributed by atoms with van der Waals surface area (Å²) in [7, 11) is 0. The van der Waals surface area contributed by atoms with E-state index in [0.717, 1.165) is 19.3 Å². The van der Waals surface area contributed by atoms with Crippen molar-refractivity contribution in [2.24, 2.45) is 0 Å². The van der Waals surface area contributed by atoms with Crippen LogP contribution in [-0.4, -0.2) is 23.4 Å². The molecule has 1 aliphatic carbocycles. The highest BCUT2D eigenvalue weighted by Crippen LogP contribution is 2.33. The van der Waals surface area contributed by atoms with Gasteiger partial charge in [-0.15, -0.1) is 0 Å². The summed E-state index contributed by atoms with van der Waals surface area (Å²) in [6, 6.07) is -0.372. The van der Waals surface area contributed by atoms with Crippen LogP contribution in [0.2, 0.25) is 0 Å². The van der Waals surface area contributed by atoms with E-state index in [9.17, 15) is 9.59 Å². The molecule has 1 saturated heterocycles. The van der Waals surface area contributed by atoms with Crippen molar-refractivity contribution in [3.05, 3.63) is 0 Å². The molecule has 0 radical (unpaired) electrons. The van der Waals surface area contributed by atoms with Crippen molar-refractivity contribution in [2.45, 2.75) is 37.8 Å². The van der Waals surface area contributed by atoms with E-state index >= 15 is 0 Å². The van der Waals surface area contributed by atoms with Crippen LogP contribution < -0.4 is 10.6 Å². The summed E-state index contributed by atoms with van der Waals surface area (Å²) in [6.07, 6.45) is 2.61. The maximum absolute atomic E-state index is 11.4. The average Bonchev–Trinajstić information content (AvgIpc) is 1.93. The molecular weight excluding hydrogens is 156 g/mol. The summed E-state index contributed by atoms with van der Waals surface area (Å²) in [4.78, 5) is 22.7. The second kappa shape index (κ2) is 2.21. The summed E-state index contributed by atoms with van der Waals surface area (Å²) in [5.41, 5.74) is -0.538. The van der Waals surface area contributed by atoms with Crippen LogP contribution in [0.3, 0.4) is 0 Å². The van der Waals surface area contributed by atoms with E-state index in [0.29, 0.717) is 0 Å². The summed E-state index contributed by atoms with van der Waals surface area (Å²) < 4.78 is 0. The molecule has 0 bridgehead atoms. The van der Waals surface area contributed by atoms with Gasteiger partial charge >= 0.3 is 0 Å². The van der Waals surface area contributed by atoms with Gasteiger partial charge in [0.05, 0.1) is 0 Å². The van der Waals surface area contributed by atoms with Gasteiger partial charge in [-0.1, -0.05) is 0 Å². The summed E-state index contributed by atoms with van der Waals surface area (Å²) in [5.74, 6) is -0.0739. The maximum atomic E-state index is 11.4. The molecule has 2 aliphatic rings. The minimum absolute atomic E-state index is 0.0131. The van der Waals surface area contributed by atoms with Gasteiger partial charge in [0.25, 0.3) is 0 Å². The van der Waals surface area contributed by atoms with Gasteiger partial charge in [0, 0.05) is 0 Å². The van der Waals surface area contributed by atoms with Gasteiger partial charge < -0.3 is 10.6 Å². The van der Waals surface area contributed by atoms with Crippen LogP contribution in [0.1, 0.15) is 26.2 Å². The smallest absolute Gasteiger partial charge is 0.246 e. The second-order valence-electron chi connectivity index (χ2n) is 3.62. The van der Waals surface area contributed by atoms with Crippen LogP contribution in [-0.2, 0) is 9.59 Å². The van der Waals surface area contributed by atoms with Crippen LogP contribution >= 0.6 is 0 Å². The molecule has 4 nitrogen and oxygen atoms in total. The van der Waals surface area contributed by atoms with Crippen LogP contribution in [0.5, 0.6) is 0 Å². The fourth-order valence-corrected chi connectivity index (χ4v) is 1.68. The second-order valence-corrected chi connectivity index (χ2v) is 3.62. The predicted octanol–water partition coefficient (Wildman–Crippen LogP) is -0.456. The number of hydrogen-bond acceptors (Lipinski definition) is 2. The Labute approximate surface area is 70.7 Å². The Bertz CT molecular complexity index is 245. The number of carbonyl (C=O) groups is 2. The van der Waals surface area contributed by atoms with Gasteiger partial charge in [-0.3, -0.25) is 9.59 Å². The molecule has 2 amide bonds. The lowest BCUT2D eigenvalue weighted by atomic mass is 9.74. The Morgan fingerprint density at radius 2 is 2.08 bits per heavy atom. The molecule has 2 fully saturated rings. The van der Waals surface area contributed by atoms with Crippen LogP contribution in [0.4, 0.5) is 0 Å². The molecule has 0 aromatic rings. The summed E-state index contributed by atoms with van der Waals surface area (Å²) >= 11 is 0. The predicted molar refractivity (Wildman–Crippen MR) is 42.3 cm³/mol. The Hall–Kier alpha value is -1.06. The monoisotopic (exact) mass is 168 g/mol. The van der Waals surface area contributed by atoms with Gasteiger partial charge in [0.15, 0.2) is 0 Å². The molecule has 1 aliphatic heterocycles. The lowest BCUT2D eigenvalue weighted by Gasteiger charge is -2.45. The molecule has 1 unspecified atom stereocenters. The molecular formula is C8H12N2O2. The Morgan fingerprint density at radius 1 is 1.42 bits per heavy atom. The van der Waals surface area contributed by atoms with Crippen molar-refractivity contribution in [1.29, 1.82) is 0 Å². The third kappa shape index (κ3) is 0.838. The quantitative estimate of drug-likeness (QED) is 0.514. The van der Waals surface area contributed by atoms with Crippen LogP contribution in [0.25, 0.3) is 0 Å². The molecule has 4 heteroatoms. The van der Waals surface area contributed by atoms with E-state index in [1.165, 1.54) is 0 Å². The molecule has 0 aromatic carbocycles. The van der Waals surface area contributed by atoms with E-state index in [2.05, 4.69) is 10.6 Å². The Morgan fingerprint density at radius 3 is 2.58 bits per heavy atom. The molecule has 1 spiro atoms. The maximum Gasteiger partial charge on any atom is 0.246 e. The van der Waals surface area contributed by atoms with Crippen molar-refractivity contribution in [3.8, 4) is 0 Å². The fraction of sp³-hybridized carbons (Fsp3) is 0.750. The van der Waals surface area contributed by atoms with Gasteiger partial charge in [-0.2, -0.15) is 0 Å². The Kier molecular flexibility index (Phi) is 1.40. The molecule has 2 rings (SSSR count). The Balaban J connectivity index is 2.17. The minimum Gasteiger partial charge on any atom is -0.343 e. The van der Waals surface area contributed by atoms with E-state index in [4.69, 9.17) is 0 Å². The van der Waals surface area contributed by atoms with Crippen molar-refractivity contribution in [3.63, 3.8) is 0 Å². The largest absolute Gasteiger partial charge is 0.343 e. The van der Waals surface area contributed by atoms with Crippen molar-refractivity contribution in [1.82, 2.24) is 10.6 Å². The first-order valence-corrected chi connectivity index (χ1v) is 4.27. The van der Waals surface area contributed by atoms with E-state index in [-0.39, 0.29) is 17.9 Å². The van der Waals surface area contributed by atoms with Gasteiger partial charge in [-0.05, 0) is 26.2 Å². The van der Waals surface area contributed by atoms with E-state index < -0.39 is 5.54 Å². The zero-order valence-corrected chi connectivity index (χ0v) is 7.02. The molecule has 1 saturated carbocycles. The van der Waals surface area contributed by atoms with Crippen molar-refractivity contribution >= 4 is 11.8 Å². The SMILES string of the molecule is CC1NC(=O)C2(CCC2)NC1=O. The molecule has 66 valence electrons. The first-order chi connectivity index (χ1) is 5.64. The first kappa shape index (κ1) is 7.58. The molecule has 0 aromatic heterocycles. The number of carbonyl (C=O) groups excluding carboxylic acids is 2. The highest BCUT2D eigenvalue weighted by molar-refractivity contribution is 6.00. The van der Waals surface area contributed by atoms with Gasteiger partial charge in [0.1, 0.15) is 11.6 Å². The fourth-order valence-electron chi connectivity index (χ4n) is 1.68. The van der Waals surface area contributed by atoms with Crippen molar-refractivity contribution < 1.29 is 9.59 Å². The van der Waals surface area contributed by atoms with Crippen molar-refractivity contribution in [2.75, 3.05) is 0 Å². The normalized spacial score (nSPS) is 32.2. The number of nitrogens with one attached hydrogen (secondary N) is 2. The number of hydrogen-bond donors (Lipinski definition) is 2. The third-order valence-corrected chi connectivity index (χ3v) is 2.75. The highest BCUT2D eigenvalue weighted by atomic mass is 16.2.